The lowest BCUT2D eigenvalue weighted by Crippen LogP contribution is -1.97. The van der Waals surface area contributed by atoms with Crippen LogP contribution in [0.1, 0.15) is 52.8 Å². The van der Waals surface area contributed by atoms with Crippen LogP contribution >= 0.6 is 0 Å². The highest BCUT2D eigenvalue weighted by Gasteiger charge is 2.20. The Bertz CT molecular complexity index is 2760. The molecule has 268 valence electrons. The molecule has 5 heteroatoms. The van der Waals surface area contributed by atoms with E-state index in [1.54, 1.807) is 0 Å². The fourth-order valence-electron chi connectivity index (χ4n) is 7.57. The summed E-state index contributed by atoms with van der Waals surface area (Å²) in [6.07, 6.45) is 9.48. The monoisotopic (exact) mass is 714 g/mol. The summed E-state index contributed by atoms with van der Waals surface area (Å²) in [6, 6.07) is 43.1. The predicted molar refractivity (Wildman–Crippen MR) is 231 cm³/mol. The Hall–Kier alpha value is -6.72. The van der Waals surface area contributed by atoms with Crippen molar-refractivity contribution in [2.24, 2.45) is 0 Å². The molecule has 4 aromatic carbocycles. The summed E-state index contributed by atoms with van der Waals surface area (Å²) in [6.45, 7) is 9.11. The fourth-order valence-corrected chi connectivity index (χ4v) is 7.57. The number of fused-ring (bicyclic) bond motifs is 8. The molecular formula is C50H42N4O. The molecule has 5 heterocycles. The van der Waals surface area contributed by atoms with Crippen LogP contribution < -0.4 is 4.74 Å². The Balaban J connectivity index is 1.46. The molecule has 2 N–H and O–H groups in total. The largest absolute Gasteiger partial charge is 0.493 e. The topological polar surface area (TPSA) is 66.6 Å². The molecule has 0 radical (unpaired) electrons. The van der Waals surface area contributed by atoms with Gasteiger partial charge in [0.15, 0.2) is 0 Å². The van der Waals surface area contributed by atoms with Crippen molar-refractivity contribution in [3.8, 4) is 50.3 Å². The Morgan fingerprint density at radius 1 is 0.436 bits per heavy atom. The van der Waals surface area contributed by atoms with Crippen LogP contribution in [0.5, 0.6) is 5.75 Å². The average Bonchev–Trinajstić information content (AvgIpc) is 4.04. The van der Waals surface area contributed by atoms with Crippen LogP contribution in [-0.2, 0) is 0 Å². The molecule has 0 amide bonds. The quantitative estimate of drug-likeness (QED) is 0.173. The normalized spacial score (nSPS) is 12.0. The lowest BCUT2D eigenvalue weighted by Gasteiger charge is -2.12. The molecule has 8 bridgehead atoms. The van der Waals surface area contributed by atoms with Gasteiger partial charge < -0.3 is 14.7 Å². The smallest absolute Gasteiger partial charge is 0.127 e. The van der Waals surface area contributed by atoms with Crippen molar-refractivity contribution < 1.29 is 4.74 Å². The molecule has 55 heavy (non-hydrogen) atoms. The van der Waals surface area contributed by atoms with Crippen LogP contribution in [0.15, 0.2) is 121 Å². The molecule has 2 aliphatic heterocycles. The van der Waals surface area contributed by atoms with Gasteiger partial charge in [-0.15, -0.1) is 0 Å². The highest BCUT2D eigenvalue weighted by atomic mass is 16.5. The number of aryl methyl sites for hydroxylation is 3. The van der Waals surface area contributed by atoms with Crippen molar-refractivity contribution in [3.05, 3.63) is 161 Å². The van der Waals surface area contributed by atoms with Crippen molar-refractivity contribution in [2.75, 3.05) is 6.61 Å². The molecule has 0 saturated carbocycles. The maximum atomic E-state index is 6.38. The summed E-state index contributed by atoms with van der Waals surface area (Å²) in [5.74, 6) is 0.829. The molecular weight excluding hydrogens is 673 g/mol. The fraction of sp³-hybridized carbons (Fsp3) is 0.120. The van der Waals surface area contributed by atoms with E-state index < -0.39 is 0 Å². The minimum Gasteiger partial charge on any atom is -0.493 e. The van der Waals surface area contributed by atoms with Crippen LogP contribution in [0, 0.1) is 20.8 Å². The summed E-state index contributed by atoms with van der Waals surface area (Å²) >= 11 is 0. The number of aromatic amines is 2. The van der Waals surface area contributed by atoms with Crippen LogP contribution in [-0.4, -0.2) is 26.5 Å². The summed E-state index contributed by atoms with van der Waals surface area (Å²) in [7, 11) is 0. The number of ether oxygens (including phenoxy) is 1. The van der Waals surface area contributed by atoms with E-state index in [1.807, 2.05) is 6.07 Å². The molecule has 0 aliphatic carbocycles. The summed E-state index contributed by atoms with van der Waals surface area (Å²) in [5.41, 5.74) is 19.4. The van der Waals surface area contributed by atoms with Gasteiger partial charge in [-0.3, -0.25) is 0 Å². The van der Waals surface area contributed by atoms with E-state index in [0.717, 1.165) is 102 Å². The molecule has 0 atom stereocenters. The van der Waals surface area contributed by atoms with E-state index in [-0.39, 0.29) is 0 Å². The predicted octanol–water partition coefficient (Wildman–Crippen LogP) is 13.0. The maximum Gasteiger partial charge on any atom is 0.127 e. The zero-order chi connectivity index (χ0) is 37.5. The van der Waals surface area contributed by atoms with Crippen molar-refractivity contribution in [3.63, 3.8) is 0 Å². The highest BCUT2D eigenvalue weighted by Crippen LogP contribution is 2.40. The minimum absolute atomic E-state index is 0.623. The second-order valence-corrected chi connectivity index (χ2v) is 14.4. The summed E-state index contributed by atoms with van der Waals surface area (Å²) in [5, 5.41) is 0. The van der Waals surface area contributed by atoms with Gasteiger partial charge in [-0.1, -0.05) is 115 Å². The van der Waals surface area contributed by atoms with E-state index in [0.29, 0.717) is 6.61 Å². The Morgan fingerprint density at radius 2 is 0.800 bits per heavy atom. The number of nitrogens with one attached hydrogen (secondary N) is 2. The Morgan fingerprint density at radius 3 is 1.20 bits per heavy atom. The highest BCUT2D eigenvalue weighted by molar-refractivity contribution is 6.00. The Kier molecular flexibility index (Phi) is 8.83. The van der Waals surface area contributed by atoms with Gasteiger partial charge >= 0.3 is 0 Å². The minimum atomic E-state index is 0.623. The first-order valence-corrected chi connectivity index (χ1v) is 19.0. The third-order valence-corrected chi connectivity index (χ3v) is 10.4. The van der Waals surface area contributed by atoms with Crippen molar-refractivity contribution in [2.45, 2.75) is 34.1 Å². The standard InChI is InChI=1S/C50H42N4O/c1-5-30-55-46-9-7-6-8-37(46)50-44-28-26-42(53-44)48(35-18-12-32(3)13-19-35)40-24-22-38(51-40)47(34-16-10-31(2)11-17-34)39-23-25-41(52-39)49(43-27-29-45(50)54-43)36-20-14-33(4)15-21-36/h6-29,51,54H,5,30H2,1-4H3. The lowest BCUT2D eigenvalue weighted by atomic mass is 10.0. The summed E-state index contributed by atoms with van der Waals surface area (Å²) in [4.78, 5) is 18.6. The first-order valence-electron chi connectivity index (χ1n) is 19.0. The van der Waals surface area contributed by atoms with Crippen molar-refractivity contribution in [1.29, 1.82) is 0 Å². The van der Waals surface area contributed by atoms with E-state index in [1.165, 1.54) is 16.7 Å². The Labute approximate surface area is 321 Å². The van der Waals surface area contributed by atoms with Crippen LogP contribution in [0.3, 0.4) is 0 Å². The summed E-state index contributed by atoms with van der Waals surface area (Å²) < 4.78 is 6.38. The molecule has 0 spiro atoms. The van der Waals surface area contributed by atoms with Gasteiger partial charge in [0.05, 0.1) is 29.4 Å². The first kappa shape index (κ1) is 34.1. The average molecular weight is 715 g/mol. The third kappa shape index (κ3) is 6.48. The van der Waals surface area contributed by atoms with E-state index in [9.17, 15) is 0 Å². The molecule has 2 aliphatic rings. The van der Waals surface area contributed by atoms with Gasteiger partial charge in [-0.2, -0.15) is 0 Å². The number of aromatic nitrogens is 4. The van der Waals surface area contributed by atoms with Gasteiger partial charge in [0.1, 0.15) is 5.75 Å². The van der Waals surface area contributed by atoms with Gasteiger partial charge in [0.25, 0.3) is 0 Å². The zero-order valence-electron chi connectivity index (χ0n) is 31.6. The molecule has 0 unspecified atom stereocenters. The number of H-pyrrole nitrogens is 2. The molecule has 0 fully saturated rings. The molecule has 9 rings (SSSR count). The van der Waals surface area contributed by atoms with Gasteiger partial charge in [-0.05, 0) is 98.5 Å². The number of rotatable bonds is 7. The van der Waals surface area contributed by atoms with Crippen LogP contribution in [0.2, 0.25) is 0 Å². The van der Waals surface area contributed by atoms with E-state index in [4.69, 9.17) is 14.7 Å². The second kappa shape index (κ2) is 14.3. The number of hydrogen-bond acceptors (Lipinski definition) is 3. The number of para-hydroxylation sites is 1. The van der Waals surface area contributed by atoms with E-state index >= 15 is 0 Å². The number of benzene rings is 4. The lowest BCUT2D eigenvalue weighted by molar-refractivity contribution is 0.319. The maximum absolute atomic E-state index is 6.38. The van der Waals surface area contributed by atoms with Gasteiger partial charge in [0, 0.05) is 49.9 Å². The molecule has 0 saturated heterocycles. The number of hydrogen-bond donors (Lipinski definition) is 2. The zero-order valence-corrected chi connectivity index (χ0v) is 31.6. The number of nitrogens with zero attached hydrogens (tertiary/aromatic N) is 2. The SMILES string of the molecule is CCCOc1ccccc1-c1c2nc(c(-c3ccc(C)cc3)c3ccc([nH]3)c(-c3ccc(C)cc3)c3nc(c(-c4ccc(C)cc4)c4ccc1[nH]4)C=C3)C=C2. The van der Waals surface area contributed by atoms with Crippen molar-refractivity contribution >= 4 is 46.4 Å². The molecule has 3 aromatic heterocycles. The van der Waals surface area contributed by atoms with Crippen LogP contribution in [0.4, 0.5) is 0 Å². The van der Waals surface area contributed by atoms with E-state index in [2.05, 4.69) is 177 Å². The molecule has 7 aromatic rings. The van der Waals surface area contributed by atoms with Crippen molar-refractivity contribution in [1.82, 2.24) is 19.9 Å². The van der Waals surface area contributed by atoms with Gasteiger partial charge in [0.2, 0.25) is 0 Å². The first-order chi connectivity index (χ1) is 26.9. The third-order valence-electron chi connectivity index (χ3n) is 10.4. The molecule has 5 nitrogen and oxygen atoms in total. The van der Waals surface area contributed by atoms with Gasteiger partial charge in [-0.25, -0.2) is 9.97 Å². The second-order valence-electron chi connectivity index (χ2n) is 14.4. The van der Waals surface area contributed by atoms with Crippen LogP contribution in [0.25, 0.3) is 90.9 Å².